The molecule has 0 aromatic heterocycles. The summed E-state index contributed by atoms with van der Waals surface area (Å²) in [6.45, 7) is 4.36. The summed E-state index contributed by atoms with van der Waals surface area (Å²) >= 11 is 0. The molecule has 0 bridgehead atoms. The van der Waals surface area contributed by atoms with Crippen molar-refractivity contribution in [1.29, 1.82) is 0 Å². The third-order valence-corrected chi connectivity index (χ3v) is 2.38. The molecule has 0 spiro atoms. The molecule has 0 N–H and O–H groups in total. The Labute approximate surface area is 91.8 Å². The number of hydrogen-bond acceptors (Lipinski definition) is 1. The second-order valence-electron chi connectivity index (χ2n) is 4.49. The second kappa shape index (κ2) is 4.52. The Morgan fingerprint density at radius 2 is 1.87 bits per heavy atom. The summed E-state index contributed by atoms with van der Waals surface area (Å²) in [5.41, 5.74) is 1.24. The van der Waals surface area contributed by atoms with Gasteiger partial charge < -0.3 is 4.74 Å². The van der Waals surface area contributed by atoms with E-state index < -0.39 is 0 Å². The molecule has 0 unspecified atom stereocenters. The molecule has 1 fully saturated rings. The second-order valence-corrected chi connectivity index (χ2v) is 4.49. The number of benzene rings is 1. The summed E-state index contributed by atoms with van der Waals surface area (Å²) < 4.78 is 5.68. The van der Waals surface area contributed by atoms with E-state index >= 15 is 0 Å². The molecule has 2 rings (SSSR count). The van der Waals surface area contributed by atoms with Gasteiger partial charge in [0.05, 0.1) is 6.10 Å². The lowest BCUT2D eigenvalue weighted by molar-refractivity contribution is 0.303. The van der Waals surface area contributed by atoms with Crippen molar-refractivity contribution in [2.24, 2.45) is 5.92 Å². The highest BCUT2D eigenvalue weighted by molar-refractivity contribution is 5.50. The largest absolute Gasteiger partial charge is 0.490 e. The summed E-state index contributed by atoms with van der Waals surface area (Å²) in [6.07, 6.45) is 7.29. The molecule has 0 aliphatic heterocycles. The summed E-state index contributed by atoms with van der Waals surface area (Å²) in [5, 5.41) is 0. The summed E-state index contributed by atoms with van der Waals surface area (Å²) in [4.78, 5) is 0. The van der Waals surface area contributed by atoms with Crippen LogP contribution in [0.3, 0.4) is 0 Å². The van der Waals surface area contributed by atoms with Crippen LogP contribution in [0.25, 0.3) is 6.08 Å². The van der Waals surface area contributed by atoms with Crippen molar-refractivity contribution in [3.05, 3.63) is 35.9 Å². The van der Waals surface area contributed by atoms with Crippen molar-refractivity contribution in [1.82, 2.24) is 0 Å². The van der Waals surface area contributed by atoms with Crippen molar-refractivity contribution >= 4 is 6.08 Å². The van der Waals surface area contributed by atoms with E-state index in [1.807, 2.05) is 0 Å². The zero-order valence-corrected chi connectivity index (χ0v) is 9.44. The highest BCUT2D eigenvalue weighted by atomic mass is 16.5. The van der Waals surface area contributed by atoms with Crippen LogP contribution in [0.2, 0.25) is 0 Å². The van der Waals surface area contributed by atoms with Gasteiger partial charge >= 0.3 is 0 Å². The maximum atomic E-state index is 5.68. The van der Waals surface area contributed by atoms with Crippen LogP contribution in [-0.2, 0) is 0 Å². The van der Waals surface area contributed by atoms with Gasteiger partial charge in [-0.3, -0.25) is 0 Å². The van der Waals surface area contributed by atoms with Crippen molar-refractivity contribution < 1.29 is 4.74 Å². The number of rotatable bonds is 4. The van der Waals surface area contributed by atoms with E-state index in [9.17, 15) is 0 Å². The van der Waals surface area contributed by atoms with E-state index in [4.69, 9.17) is 4.74 Å². The lowest BCUT2D eigenvalue weighted by Crippen LogP contribution is -1.94. The fourth-order valence-corrected chi connectivity index (χ4v) is 1.34. The molecule has 0 heterocycles. The molecule has 1 aliphatic rings. The van der Waals surface area contributed by atoms with Gasteiger partial charge in [-0.1, -0.05) is 38.1 Å². The van der Waals surface area contributed by atoms with Gasteiger partial charge in [-0.15, -0.1) is 0 Å². The smallest absolute Gasteiger partial charge is 0.119 e. The third-order valence-electron chi connectivity index (χ3n) is 2.38. The fourth-order valence-electron chi connectivity index (χ4n) is 1.34. The molecule has 1 aromatic carbocycles. The lowest BCUT2D eigenvalue weighted by atomic mass is 10.1. The molecule has 1 heteroatoms. The normalized spacial score (nSPS) is 16.2. The summed E-state index contributed by atoms with van der Waals surface area (Å²) in [7, 11) is 0. The van der Waals surface area contributed by atoms with Crippen molar-refractivity contribution in [3.63, 3.8) is 0 Å². The molecule has 80 valence electrons. The molecule has 1 aromatic rings. The van der Waals surface area contributed by atoms with Crippen molar-refractivity contribution in [3.8, 4) is 5.75 Å². The molecule has 0 saturated heterocycles. The van der Waals surface area contributed by atoms with Crippen molar-refractivity contribution in [2.45, 2.75) is 32.8 Å². The van der Waals surface area contributed by atoms with Gasteiger partial charge in [0.2, 0.25) is 0 Å². The monoisotopic (exact) mass is 202 g/mol. The van der Waals surface area contributed by atoms with Gasteiger partial charge in [-0.25, -0.2) is 0 Å². The first-order valence-corrected chi connectivity index (χ1v) is 5.69. The van der Waals surface area contributed by atoms with Gasteiger partial charge in [0.15, 0.2) is 0 Å². The Kier molecular flexibility index (Phi) is 3.10. The first kappa shape index (κ1) is 10.3. The Morgan fingerprint density at radius 3 is 2.40 bits per heavy atom. The number of hydrogen-bond donors (Lipinski definition) is 0. The third kappa shape index (κ3) is 3.43. The minimum Gasteiger partial charge on any atom is -0.490 e. The van der Waals surface area contributed by atoms with Gasteiger partial charge in [0.1, 0.15) is 5.75 Å². The van der Waals surface area contributed by atoms with E-state index in [1.165, 1.54) is 18.4 Å². The zero-order chi connectivity index (χ0) is 10.7. The van der Waals surface area contributed by atoms with Crippen LogP contribution in [0.15, 0.2) is 30.3 Å². The average molecular weight is 202 g/mol. The van der Waals surface area contributed by atoms with Crippen LogP contribution in [0, 0.1) is 5.92 Å². The van der Waals surface area contributed by atoms with E-state index in [-0.39, 0.29) is 0 Å². The average Bonchev–Trinajstić information content (AvgIpc) is 3.01. The number of ether oxygens (including phenoxy) is 1. The summed E-state index contributed by atoms with van der Waals surface area (Å²) in [6, 6.07) is 8.32. The molecular weight excluding hydrogens is 184 g/mol. The Balaban J connectivity index is 1.96. The topological polar surface area (TPSA) is 9.23 Å². The van der Waals surface area contributed by atoms with Crippen LogP contribution in [0.1, 0.15) is 32.3 Å². The predicted octanol–water partition coefficient (Wildman–Crippen LogP) is 3.90. The minimum atomic E-state index is 0.488. The highest BCUT2D eigenvalue weighted by Crippen LogP contribution is 2.26. The van der Waals surface area contributed by atoms with Crippen LogP contribution < -0.4 is 4.74 Å². The minimum absolute atomic E-state index is 0.488. The molecule has 15 heavy (non-hydrogen) atoms. The van der Waals surface area contributed by atoms with Gasteiger partial charge in [0, 0.05) is 0 Å². The first-order valence-electron chi connectivity index (χ1n) is 5.69. The molecule has 1 nitrogen and oxygen atoms in total. The van der Waals surface area contributed by atoms with Crippen LogP contribution in [-0.4, -0.2) is 6.10 Å². The maximum Gasteiger partial charge on any atom is 0.119 e. The molecular formula is C14H18O. The van der Waals surface area contributed by atoms with E-state index in [0.29, 0.717) is 12.0 Å². The highest BCUT2D eigenvalue weighted by Gasteiger charge is 2.23. The van der Waals surface area contributed by atoms with E-state index in [1.54, 1.807) is 0 Å². The Hall–Kier alpha value is -1.24. The number of allylic oxidation sites excluding steroid dienone is 1. The van der Waals surface area contributed by atoms with E-state index in [0.717, 1.165) is 5.75 Å². The molecule has 1 aliphatic carbocycles. The Morgan fingerprint density at radius 1 is 1.20 bits per heavy atom. The fraction of sp³-hybridized carbons (Fsp3) is 0.429. The Bertz CT molecular complexity index is 331. The summed E-state index contributed by atoms with van der Waals surface area (Å²) in [5.74, 6) is 1.60. The maximum absolute atomic E-state index is 5.68. The molecule has 1 saturated carbocycles. The van der Waals surface area contributed by atoms with E-state index in [2.05, 4.69) is 50.3 Å². The standard InChI is InChI=1S/C14H18O/c1-11(2)3-4-12-5-7-13(8-6-12)15-14-9-10-14/h3-8,11,14H,9-10H2,1-2H3/b4-3+. The predicted molar refractivity (Wildman–Crippen MR) is 64.0 cm³/mol. The zero-order valence-electron chi connectivity index (χ0n) is 9.44. The molecule has 0 atom stereocenters. The SMILES string of the molecule is CC(C)/C=C/c1ccc(OC2CC2)cc1. The van der Waals surface area contributed by atoms with Gasteiger partial charge in [-0.05, 0) is 36.5 Å². The van der Waals surface area contributed by atoms with Crippen molar-refractivity contribution in [2.75, 3.05) is 0 Å². The quantitative estimate of drug-likeness (QED) is 0.719. The van der Waals surface area contributed by atoms with Crippen LogP contribution >= 0.6 is 0 Å². The van der Waals surface area contributed by atoms with Gasteiger partial charge in [-0.2, -0.15) is 0 Å². The molecule has 0 radical (unpaired) electrons. The first-order chi connectivity index (χ1) is 7.24. The molecule has 0 amide bonds. The lowest BCUT2D eigenvalue weighted by Gasteiger charge is -2.03. The van der Waals surface area contributed by atoms with Crippen LogP contribution in [0.4, 0.5) is 0 Å². The van der Waals surface area contributed by atoms with Crippen LogP contribution in [0.5, 0.6) is 5.75 Å². The van der Waals surface area contributed by atoms with Gasteiger partial charge in [0.25, 0.3) is 0 Å².